The normalized spacial score (nSPS) is 11.9. The highest BCUT2D eigenvalue weighted by Gasteiger charge is 2.19. The quantitative estimate of drug-likeness (QED) is 0.191. The maximum Gasteiger partial charge on any atom is 0.168 e. The third-order valence-electron chi connectivity index (χ3n) is 5.94. The molecule has 6 heteroatoms. The first kappa shape index (κ1) is 28.2. The van der Waals surface area contributed by atoms with Crippen LogP contribution in [0.3, 0.4) is 0 Å². The molecule has 2 aromatic rings. The van der Waals surface area contributed by atoms with Gasteiger partial charge >= 0.3 is 0 Å². The Morgan fingerprint density at radius 2 is 1.18 bits per heavy atom. The van der Waals surface area contributed by atoms with Gasteiger partial charge in [-0.05, 0) is 96.6 Å². The third kappa shape index (κ3) is 9.70. The molecule has 0 aliphatic rings. The molecule has 1 unspecified atom stereocenters. The second kappa shape index (κ2) is 13.2. The maximum atomic E-state index is 14.3. The summed E-state index contributed by atoms with van der Waals surface area (Å²) in [6.45, 7) is 13.4. The van der Waals surface area contributed by atoms with E-state index in [9.17, 15) is 4.39 Å². The molecule has 0 aliphatic carbocycles. The van der Waals surface area contributed by atoms with E-state index in [1.165, 1.54) is 6.07 Å². The lowest BCUT2D eigenvalue weighted by atomic mass is 10.1. The monoisotopic (exact) mass is 492 g/mol. The number of unbranched alkanes of at least 4 members (excludes halogenated alkanes) is 3. The van der Waals surface area contributed by atoms with E-state index in [1.807, 2.05) is 39.0 Å². The maximum absolute atomic E-state index is 14.3. The Balaban J connectivity index is 1.63. The molecular formula is C28H42FO4P. The Morgan fingerprint density at radius 3 is 1.65 bits per heavy atom. The molecule has 190 valence electrons. The molecule has 0 saturated heterocycles. The van der Waals surface area contributed by atoms with Crippen LogP contribution in [-0.4, -0.2) is 24.4 Å². The summed E-state index contributed by atoms with van der Waals surface area (Å²) in [5.41, 5.74) is -0.580. The van der Waals surface area contributed by atoms with Crippen LogP contribution in [0.15, 0.2) is 36.4 Å². The van der Waals surface area contributed by atoms with Crippen LogP contribution in [-0.2, 0) is 0 Å². The predicted molar refractivity (Wildman–Crippen MR) is 142 cm³/mol. The largest absolute Gasteiger partial charge is 0.494 e. The van der Waals surface area contributed by atoms with Crippen molar-refractivity contribution in [3.63, 3.8) is 0 Å². The molecule has 0 N–H and O–H groups in total. The van der Waals surface area contributed by atoms with E-state index in [2.05, 4.69) is 30.0 Å². The summed E-state index contributed by atoms with van der Waals surface area (Å²) in [6.07, 6.45) is 5.71. The van der Waals surface area contributed by atoms with E-state index < -0.39 is 11.4 Å². The first-order chi connectivity index (χ1) is 16.0. The lowest BCUT2D eigenvalue weighted by molar-refractivity contribution is 0.0992. The zero-order valence-electron chi connectivity index (χ0n) is 21.7. The van der Waals surface area contributed by atoms with Crippen molar-refractivity contribution in [1.82, 2.24) is 0 Å². The number of rotatable bonds is 15. The Morgan fingerprint density at radius 1 is 0.706 bits per heavy atom. The summed E-state index contributed by atoms with van der Waals surface area (Å²) >= 11 is 0. The van der Waals surface area contributed by atoms with Crippen LogP contribution in [0.2, 0.25) is 0 Å². The van der Waals surface area contributed by atoms with Gasteiger partial charge < -0.3 is 18.9 Å². The highest BCUT2D eigenvalue weighted by molar-refractivity contribution is 7.27. The predicted octanol–water partition coefficient (Wildman–Crippen LogP) is 7.48. The molecule has 0 spiro atoms. The molecule has 0 amide bonds. The molecule has 0 saturated carbocycles. The molecule has 0 heterocycles. The zero-order valence-corrected chi connectivity index (χ0v) is 22.9. The van der Waals surface area contributed by atoms with E-state index in [0.717, 1.165) is 55.3 Å². The second-order valence-corrected chi connectivity index (χ2v) is 10.5. The summed E-state index contributed by atoms with van der Waals surface area (Å²) in [7, 11) is 2.73. The molecule has 0 bridgehead atoms. The average molecular weight is 493 g/mol. The number of halogens is 1. The van der Waals surface area contributed by atoms with E-state index in [4.69, 9.17) is 18.9 Å². The highest BCUT2D eigenvalue weighted by atomic mass is 31.0. The molecule has 34 heavy (non-hydrogen) atoms. The van der Waals surface area contributed by atoms with Crippen molar-refractivity contribution >= 4 is 14.5 Å². The Kier molecular flexibility index (Phi) is 11.0. The van der Waals surface area contributed by atoms with E-state index in [-0.39, 0.29) is 11.4 Å². The number of benzene rings is 2. The van der Waals surface area contributed by atoms with Crippen molar-refractivity contribution in [2.24, 2.45) is 0 Å². The lowest BCUT2D eigenvalue weighted by Gasteiger charge is -2.26. The highest BCUT2D eigenvalue weighted by Crippen LogP contribution is 2.27. The van der Waals surface area contributed by atoms with Crippen molar-refractivity contribution in [3.8, 4) is 23.0 Å². The van der Waals surface area contributed by atoms with Crippen molar-refractivity contribution in [2.75, 3.05) is 13.2 Å². The second-order valence-electron chi connectivity index (χ2n) is 9.83. The molecule has 0 aromatic heterocycles. The summed E-state index contributed by atoms with van der Waals surface area (Å²) in [5.74, 6) is 2.13. The fourth-order valence-corrected chi connectivity index (χ4v) is 3.36. The molecule has 1 atom stereocenters. The minimum absolute atomic E-state index is 0.185. The van der Waals surface area contributed by atoms with Crippen LogP contribution in [0.1, 0.15) is 80.1 Å². The van der Waals surface area contributed by atoms with Crippen LogP contribution < -0.4 is 24.3 Å². The van der Waals surface area contributed by atoms with Gasteiger partial charge in [-0.1, -0.05) is 13.8 Å². The first-order valence-electron chi connectivity index (χ1n) is 12.4. The lowest BCUT2D eigenvalue weighted by Crippen LogP contribution is -2.28. The van der Waals surface area contributed by atoms with E-state index in [0.29, 0.717) is 19.0 Å². The molecule has 2 aromatic carbocycles. The first-order valence-corrected chi connectivity index (χ1v) is 13.0. The number of ether oxygens (including phenoxy) is 4. The topological polar surface area (TPSA) is 36.9 Å². The van der Waals surface area contributed by atoms with Crippen molar-refractivity contribution in [2.45, 2.75) is 91.3 Å². The smallest absolute Gasteiger partial charge is 0.168 e. The van der Waals surface area contributed by atoms with Gasteiger partial charge in [0.2, 0.25) is 0 Å². The van der Waals surface area contributed by atoms with Gasteiger partial charge in [-0.15, -0.1) is 9.24 Å². The summed E-state index contributed by atoms with van der Waals surface area (Å²) in [6, 6.07) is 10.7. The van der Waals surface area contributed by atoms with Gasteiger partial charge in [-0.2, -0.15) is 0 Å². The van der Waals surface area contributed by atoms with Gasteiger partial charge in [0.25, 0.3) is 0 Å². The van der Waals surface area contributed by atoms with Crippen LogP contribution in [0.25, 0.3) is 0 Å². The van der Waals surface area contributed by atoms with Gasteiger partial charge in [-0.25, -0.2) is 4.39 Å². The number of hydrogen-bond donors (Lipinski definition) is 0. The van der Waals surface area contributed by atoms with Crippen LogP contribution in [0.4, 0.5) is 4.39 Å². The van der Waals surface area contributed by atoms with Gasteiger partial charge in [-0.3, -0.25) is 0 Å². The number of hydrogen-bond acceptors (Lipinski definition) is 4. The summed E-state index contributed by atoms with van der Waals surface area (Å²) in [4.78, 5) is 0. The van der Waals surface area contributed by atoms with Crippen LogP contribution in [0, 0.1) is 5.82 Å². The molecule has 0 fully saturated rings. The van der Waals surface area contributed by atoms with Crippen molar-refractivity contribution < 1.29 is 23.3 Å². The summed E-state index contributed by atoms with van der Waals surface area (Å²) < 4.78 is 37.7. The van der Waals surface area contributed by atoms with Crippen molar-refractivity contribution in [1.29, 1.82) is 0 Å². The van der Waals surface area contributed by atoms with Crippen molar-refractivity contribution in [3.05, 3.63) is 42.2 Å². The van der Waals surface area contributed by atoms with Gasteiger partial charge in [0.05, 0.1) is 13.2 Å². The average Bonchev–Trinajstić information content (AvgIpc) is 2.79. The Labute approximate surface area is 207 Å². The molecule has 2 rings (SSSR count). The molecule has 0 aliphatic heterocycles. The SMILES string of the molecule is CCC(C)(C)Oc1ccc(OCCCCCCOc2ccc(OC(C)(C)CC)c(P)c2)cc1F. The fraction of sp³-hybridized carbons (Fsp3) is 0.571. The van der Waals surface area contributed by atoms with Gasteiger partial charge in [0, 0.05) is 11.4 Å². The fourth-order valence-electron chi connectivity index (χ4n) is 3.04. The van der Waals surface area contributed by atoms with E-state index in [1.54, 1.807) is 12.1 Å². The Bertz CT molecular complexity index is 824. The zero-order chi connectivity index (χ0) is 25.2. The molecule has 4 nitrogen and oxygen atoms in total. The Hall–Kier alpha value is -2.00. The summed E-state index contributed by atoms with van der Waals surface area (Å²) in [5, 5.41) is 1.00. The van der Waals surface area contributed by atoms with Crippen LogP contribution >= 0.6 is 9.24 Å². The van der Waals surface area contributed by atoms with E-state index >= 15 is 0 Å². The molecular weight excluding hydrogens is 450 g/mol. The van der Waals surface area contributed by atoms with Gasteiger partial charge in [0.15, 0.2) is 11.6 Å². The standard InChI is InChI=1S/C28H42FO4P/c1-7-27(3,4)32-24-15-13-21(19-23(24)29)30-17-11-9-10-12-18-31-22-14-16-25(26(34)20-22)33-28(5,6)8-2/h13-16,19-20H,7-12,17-18,34H2,1-6H3. The minimum Gasteiger partial charge on any atom is -0.494 e. The molecule has 0 radical (unpaired) electrons. The minimum atomic E-state index is -0.394. The van der Waals surface area contributed by atoms with Gasteiger partial charge in [0.1, 0.15) is 28.5 Å². The third-order valence-corrected chi connectivity index (χ3v) is 6.39. The van der Waals surface area contributed by atoms with Crippen LogP contribution in [0.5, 0.6) is 23.0 Å².